The van der Waals surface area contributed by atoms with Gasteiger partial charge >= 0.3 is 0 Å². The number of para-hydroxylation sites is 1. The zero-order valence-electron chi connectivity index (χ0n) is 14.1. The molecule has 0 saturated carbocycles. The Morgan fingerprint density at radius 1 is 1.00 bits per heavy atom. The number of anilines is 1. The van der Waals surface area contributed by atoms with E-state index in [1.165, 1.54) is 0 Å². The summed E-state index contributed by atoms with van der Waals surface area (Å²) in [6.07, 6.45) is -0.639. The molecule has 0 aliphatic heterocycles. The van der Waals surface area contributed by atoms with Gasteiger partial charge < -0.3 is 24.6 Å². The van der Waals surface area contributed by atoms with Crippen LogP contribution >= 0.6 is 15.9 Å². The molecule has 0 heterocycles. The van der Waals surface area contributed by atoms with Crippen molar-refractivity contribution in [3.8, 4) is 5.75 Å². The second-order valence-corrected chi connectivity index (χ2v) is 6.45. The third kappa shape index (κ3) is 7.44. The van der Waals surface area contributed by atoms with Crippen LogP contribution in [0.3, 0.4) is 0 Å². The minimum absolute atomic E-state index is 0.0313. The second kappa shape index (κ2) is 11.1. The predicted octanol–water partition coefficient (Wildman–Crippen LogP) is 2.70. The molecule has 2 N–H and O–H groups in total. The Hall–Kier alpha value is -1.60. The third-order valence-electron chi connectivity index (χ3n) is 3.54. The van der Waals surface area contributed by atoms with Gasteiger partial charge in [-0.2, -0.15) is 0 Å². The van der Waals surface area contributed by atoms with Crippen LogP contribution in [0.5, 0.6) is 5.75 Å². The van der Waals surface area contributed by atoms with E-state index in [9.17, 15) is 10.2 Å². The Balaban J connectivity index is 1.66. The van der Waals surface area contributed by atoms with Crippen LogP contribution in [0.15, 0.2) is 59.1 Å². The summed E-state index contributed by atoms with van der Waals surface area (Å²) < 4.78 is 12.0. The smallest absolute Gasteiger partial charge is 0.119 e. The number of halogens is 1. The summed E-state index contributed by atoms with van der Waals surface area (Å²) in [6.45, 7) is 1.94. The first kappa shape index (κ1) is 19.7. The van der Waals surface area contributed by atoms with Crippen molar-refractivity contribution >= 4 is 21.6 Å². The second-order valence-electron chi connectivity index (χ2n) is 5.54. The van der Waals surface area contributed by atoms with Gasteiger partial charge in [-0.3, -0.25) is 0 Å². The maximum atomic E-state index is 10.2. The fourth-order valence-corrected chi connectivity index (χ4v) is 2.63. The van der Waals surface area contributed by atoms with Crippen LogP contribution in [0.1, 0.15) is 0 Å². The van der Waals surface area contributed by atoms with Crippen molar-refractivity contribution in [3.63, 3.8) is 0 Å². The van der Waals surface area contributed by atoms with E-state index in [4.69, 9.17) is 9.47 Å². The maximum Gasteiger partial charge on any atom is 0.119 e. The molecule has 0 aromatic heterocycles. The molecule has 0 aliphatic carbocycles. The average molecular weight is 410 g/mol. The van der Waals surface area contributed by atoms with Crippen molar-refractivity contribution < 1.29 is 19.7 Å². The molecule has 25 heavy (non-hydrogen) atoms. The highest BCUT2D eigenvalue weighted by atomic mass is 79.9. The van der Waals surface area contributed by atoms with Crippen molar-refractivity contribution in [2.24, 2.45) is 0 Å². The van der Waals surface area contributed by atoms with Crippen molar-refractivity contribution in [1.29, 1.82) is 0 Å². The van der Waals surface area contributed by atoms with E-state index in [0.717, 1.165) is 15.9 Å². The molecule has 136 valence electrons. The minimum Gasteiger partial charge on any atom is -0.491 e. The first-order valence-electron chi connectivity index (χ1n) is 8.24. The number of aliphatic hydroxyl groups is 2. The monoisotopic (exact) mass is 409 g/mol. The van der Waals surface area contributed by atoms with Gasteiger partial charge in [0.1, 0.15) is 12.4 Å². The van der Waals surface area contributed by atoms with Gasteiger partial charge in [-0.1, -0.05) is 34.1 Å². The first-order valence-corrected chi connectivity index (χ1v) is 9.03. The summed E-state index contributed by atoms with van der Waals surface area (Å²) in [5.41, 5.74) is 0.967. The Labute approximate surface area is 156 Å². The maximum absolute atomic E-state index is 10.2. The number of nitrogens with zero attached hydrogens (tertiary/aromatic N) is 1. The van der Waals surface area contributed by atoms with Gasteiger partial charge in [0.15, 0.2) is 0 Å². The lowest BCUT2D eigenvalue weighted by Crippen LogP contribution is -2.37. The van der Waals surface area contributed by atoms with E-state index < -0.39 is 6.10 Å². The molecule has 0 saturated heterocycles. The Bertz CT molecular complexity index is 594. The fourth-order valence-electron chi connectivity index (χ4n) is 2.36. The zero-order chi connectivity index (χ0) is 17.9. The van der Waals surface area contributed by atoms with Gasteiger partial charge in [0.2, 0.25) is 0 Å². The molecule has 6 heteroatoms. The summed E-state index contributed by atoms with van der Waals surface area (Å²) in [5.74, 6) is 0.783. The van der Waals surface area contributed by atoms with Crippen molar-refractivity contribution in [2.75, 3.05) is 44.4 Å². The van der Waals surface area contributed by atoms with E-state index in [1.54, 1.807) is 0 Å². The molecular formula is C19H24BrNO4. The third-order valence-corrected chi connectivity index (χ3v) is 4.07. The summed E-state index contributed by atoms with van der Waals surface area (Å²) in [4.78, 5) is 1.94. The van der Waals surface area contributed by atoms with Crippen LogP contribution in [0.4, 0.5) is 5.69 Å². The average Bonchev–Trinajstić information content (AvgIpc) is 2.63. The van der Waals surface area contributed by atoms with E-state index in [1.807, 2.05) is 59.5 Å². The lowest BCUT2D eigenvalue weighted by atomic mass is 10.2. The minimum atomic E-state index is -0.639. The van der Waals surface area contributed by atoms with Gasteiger partial charge in [-0.05, 0) is 36.4 Å². The SMILES string of the molecule is OCCN(CC(O)COCCOc1ccc(Br)cc1)c1ccccc1. The first-order chi connectivity index (χ1) is 12.2. The van der Waals surface area contributed by atoms with E-state index >= 15 is 0 Å². The Morgan fingerprint density at radius 3 is 2.40 bits per heavy atom. The van der Waals surface area contributed by atoms with Gasteiger partial charge in [0, 0.05) is 23.2 Å². The van der Waals surface area contributed by atoms with Crippen LogP contribution in [0.2, 0.25) is 0 Å². The van der Waals surface area contributed by atoms with E-state index in [0.29, 0.717) is 26.3 Å². The van der Waals surface area contributed by atoms with Crippen LogP contribution in [-0.2, 0) is 4.74 Å². The quantitative estimate of drug-likeness (QED) is 0.558. The normalized spacial score (nSPS) is 12.0. The molecule has 0 fully saturated rings. The molecular weight excluding hydrogens is 386 g/mol. The fraction of sp³-hybridized carbons (Fsp3) is 0.368. The standard InChI is InChI=1S/C19H24BrNO4/c20-16-6-8-19(9-7-16)25-13-12-24-15-18(23)14-21(10-11-22)17-4-2-1-3-5-17/h1-9,18,22-23H,10-15H2. The molecule has 2 aromatic carbocycles. The summed E-state index contributed by atoms with van der Waals surface area (Å²) in [5, 5.41) is 19.4. The molecule has 0 spiro atoms. The molecule has 2 aromatic rings. The topological polar surface area (TPSA) is 62.2 Å². The van der Waals surface area contributed by atoms with Crippen molar-refractivity contribution in [3.05, 3.63) is 59.1 Å². The largest absolute Gasteiger partial charge is 0.491 e. The number of ether oxygens (including phenoxy) is 2. The van der Waals surface area contributed by atoms with Crippen LogP contribution in [0.25, 0.3) is 0 Å². The van der Waals surface area contributed by atoms with Crippen molar-refractivity contribution in [1.82, 2.24) is 0 Å². The van der Waals surface area contributed by atoms with Gasteiger partial charge in [-0.25, -0.2) is 0 Å². The number of benzene rings is 2. The number of hydrogen-bond acceptors (Lipinski definition) is 5. The van der Waals surface area contributed by atoms with Crippen LogP contribution in [0, 0.1) is 0 Å². The Morgan fingerprint density at radius 2 is 1.72 bits per heavy atom. The summed E-state index contributed by atoms with van der Waals surface area (Å²) >= 11 is 3.37. The van der Waals surface area contributed by atoms with E-state index in [-0.39, 0.29) is 13.2 Å². The lowest BCUT2D eigenvalue weighted by molar-refractivity contribution is 0.0276. The van der Waals surface area contributed by atoms with Gasteiger partial charge in [0.25, 0.3) is 0 Å². The van der Waals surface area contributed by atoms with Crippen LogP contribution < -0.4 is 9.64 Å². The molecule has 2 rings (SSSR count). The number of rotatable bonds is 11. The van der Waals surface area contributed by atoms with Gasteiger partial charge in [-0.15, -0.1) is 0 Å². The highest BCUT2D eigenvalue weighted by molar-refractivity contribution is 9.10. The van der Waals surface area contributed by atoms with Crippen molar-refractivity contribution in [2.45, 2.75) is 6.10 Å². The van der Waals surface area contributed by atoms with Crippen LogP contribution in [-0.4, -0.2) is 55.8 Å². The highest BCUT2D eigenvalue weighted by Crippen LogP contribution is 2.16. The zero-order valence-corrected chi connectivity index (χ0v) is 15.6. The summed E-state index contributed by atoms with van der Waals surface area (Å²) in [7, 11) is 0. The Kier molecular flexibility index (Phi) is 8.76. The summed E-state index contributed by atoms with van der Waals surface area (Å²) in [6, 6.07) is 17.3. The molecule has 0 radical (unpaired) electrons. The highest BCUT2D eigenvalue weighted by Gasteiger charge is 2.12. The number of hydrogen-bond donors (Lipinski definition) is 2. The molecule has 0 aliphatic rings. The predicted molar refractivity (Wildman–Crippen MR) is 102 cm³/mol. The lowest BCUT2D eigenvalue weighted by Gasteiger charge is -2.26. The number of aliphatic hydroxyl groups excluding tert-OH is 2. The molecule has 0 bridgehead atoms. The molecule has 1 unspecified atom stereocenters. The molecule has 5 nitrogen and oxygen atoms in total. The molecule has 1 atom stereocenters. The van der Waals surface area contributed by atoms with E-state index in [2.05, 4.69) is 15.9 Å². The molecule has 0 amide bonds. The van der Waals surface area contributed by atoms with Gasteiger partial charge in [0.05, 0.1) is 25.9 Å².